The number of hydrogen-bond acceptors (Lipinski definition) is 3. The van der Waals surface area contributed by atoms with Gasteiger partial charge in [-0.1, -0.05) is 0 Å². The van der Waals surface area contributed by atoms with Crippen LogP contribution >= 0.6 is 12.2 Å². The molecule has 0 saturated heterocycles. The minimum atomic E-state index is 0.389. The lowest BCUT2D eigenvalue weighted by molar-refractivity contribution is 0.413. The van der Waals surface area contributed by atoms with Crippen molar-refractivity contribution < 1.29 is 4.74 Å². The Balaban J connectivity index is 2.77. The number of thiocarbonyl (C=S) groups is 1. The van der Waals surface area contributed by atoms with Gasteiger partial charge >= 0.3 is 0 Å². The molecule has 0 aromatic carbocycles. The van der Waals surface area contributed by atoms with Crippen molar-refractivity contribution in [3.8, 4) is 0 Å². The second kappa shape index (κ2) is 2.59. The summed E-state index contributed by atoms with van der Waals surface area (Å²) in [6.45, 7) is 0. The van der Waals surface area contributed by atoms with Crippen LogP contribution in [0.4, 0.5) is 0 Å². The number of methoxy groups -OCH3 is 1. The fourth-order valence-corrected chi connectivity index (χ4v) is 0.585. The average Bonchev–Trinajstić information content (AvgIpc) is 2.37. The Labute approximate surface area is 58.1 Å². The van der Waals surface area contributed by atoms with Gasteiger partial charge in [0.25, 0.3) is 0 Å². The van der Waals surface area contributed by atoms with E-state index in [4.69, 9.17) is 17.0 Å². The molecule has 0 fully saturated rings. The Morgan fingerprint density at radius 2 is 2.67 bits per heavy atom. The van der Waals surface area contributed by atoms with Crippen molar-refractivity contribution in [1.29, 1.82) is 0 Å². The van der Waals surface area contributed by atoms with Gasteiger partial charge in [0.1, 0.15) is 0 Å². The fraction of sp³-hybridized carbons (Fsp3) is 0.200. The minimum Gasteiger partial charge on any atom is -0.484 e. The van der Waals surface area contributed by atoms with Crippen molar-refractivity contribution in [3.63, 3.8) is 0 Å². The van der Waals surface area contributed by atoms with E-state index in [0.29, 0.717) is 10.9 Å². The average molecular weight is 142 g/mol. The Bertz CT molecular complexity index is 195. The highest BCUT2D eigenvalue weighted by atomic mass is 32.1. The zero-order valence-electron chi connectivity index (χ0n) is 4.92. The summed E-state index contributed by atoms with van der Waals surface area (Å²) < 4.78 is 4.73. The molecule has 1 heterocycles. The lowest BCUT2D eigenvalue weighted by atomic mass is 10.7. The van der Waals surface area contributed by atoms with Gasteiger partial charge in [-0.05, 0) is 12.2 Å². The molecule has 0 radical (unpaired) electrons. The quantitative estimate of drug-likeness (QED) is 0.587. The summed E-state index contributed by atoms with van der Waals surface area (Å²) in [6.07, 6.45) is 3.32. The van der Waals surface area contributed by atoms with Gasteiger partial charge in [-0.25, -0.2) is 4.98 Å². The lowest BCUT2D eigenvalue weighted by Gasteiger charge is -1.93. The fourth-order valence-electron chi connectivity index (χ4n) is 0.474. The van der Waals surface area contributed by atoms with E-state index in [1.54, 1.807) is 12.4 Å². The standard InChI is InChI=1S/C5H6N2OS/c1-8-5(9)4-6-2-3-7-4/h2-3H,1H3,(H,6,7). The summed E-state index contributed by atoms with van der Waals surface area (Å²) in [5.74, 6) is 0.604. The summed E-state index contributed by atoms with van der Waals surface area (Å²) in [5, 5.41) is 0.389. The van der Waals surface area contributed by atoms with E-state index >= 15 is 0 Å². The number of rotatable bonds is 1. The monoisotopic (exact) mass is 142 g/mol. The van der Waals surface area contributed by atoms with Gasteiger partial charge in [0.05, 0.1) is 7.11 Å². The van der Waals surface area contributed by atoms with Crippen LogP contribution in [0.15, 0.2) is 12.4 Å². The van der Waals surface area contributed by atoms with Gasteiger partial charge in [0, 0.05) is 12.4 Å². The van der Waals surface area contributed by atoms with Crippen LogP contribution in [0.3, 0.4) is 0 Å². The molecule has 4 heteroatoms. The number of nitrogens with one attached hydrogen (secondary N) is 1. The van der Waals surface area contributed by atoms with E-state index in [1.807, 2.05) is 0 Å². The first-order valence-corrected chi connectivity index (χ1v) is 2.83. The third kappa shape index (κ3) is 1.26. The first-order chi connectivity index (χ1) is 4.34. The zero-order valence-corrected chi connectivity index (χ0v) is 5.73. The van der Waals surface area contributed by atoms with Crippen LogP contribution in [0.25, 0.3) is 0 Å². The van der Waals surface area contributed by atoms with E-state index in [2.05, 4.69) is 9.97 Å². The maximum absolute atomic E-state index is 4.76. The molecule has 0 amide bonds. The highest BCUT2D eigenvalue weighted by molar-refractivity contribution is 7.80. The second-order valence-corrected chi connectivity index (χ2v) is 1.80. The van der Waals surface area contributed by atoms with Gasteiger partial charge in [0.15, 0.2) is 5.82 Å². The summed E-state index contributed by atoms with van der Waals surface area (Å²) in [5.41, 5.74) is 0. The summed E-state index contributed by atoms with van der Waals surface area (Å²) in [7, 11) is 1.52. The zero-order chi connectivity index (χ0) is 6.69. The maximum atomic E-state index is 4.76. The van der Waals surface area contributed by atoms with Gasteiger partial charge in [0.2, 0.25) is 5.05 Å². The number of ether oxygens (including phenoxy) is 1. The van der Waals surface area contributed by atoms with Crippen LogP contribution in [-0.4, -0.2) is 22.1 Å². The third-order valence-electron chi connectivity index (χ3n) is 0.877. The largest absolute Gasteiger partial charge is 0.484 e. The molecule has 0 bridgehead atoms. The number of aromatic amines is 1. The van der Waals surface area contributed by atoms with Crippen molar-refractivity contribution in [2.75, 3.05) is 7.11 Å². The molecular weight excluding hydrogens is 136 g/mol. The van der Waals surface area contributed by atoms with Gasteiger partial charge in [-0.15, -0.1) is 0 Å². The molecule has 3 nitrogen and oxygen atoms in total. The molecule has 1 N–H and O–H groups in total. The van der Waals surface area contributed by atoms with Crippen LogP contribution in [-0.2, 0) is 4.74 Å². The normalized spacial score (nSPS) is 9.00. The highest BCUT2D eigenvalue weighted by Crippen LogP contribution is 1.91. The predicted molar refractivity (Wildman–Crippen MR) is 37.3 cm³/mol. The molecule has 0 unspecified atom stereocenters. The molecule has 1 rings (SSSR count). The molecule has 0 aliphatic rings. The topological polar surface area (TPSA) is 37.9 Å². The minimum absolute atomic E-state index is 0.389. The van der Waals surface area contributed by atoms with E-state index in [0.717, 1.165) is 0 Å². The Morgan fingerprint density at radius 3 is 3.11 bits per heavy atom. The molecule has 0 saturated carbocycles. The number of aromatic nitrogens is 2. The highest BCUT2D eigenvalue weighted by Gasteiger charge is 1.99. The molecular formula is C5H6N2OS. The molecule has 9 heavy (non-hydrogen) atoms. The predicted octanol–water partition coefficient (Wildman–Crippen LogP) is 0.732. The van der Waals surface area contributed by atoms with Crippen LogP contribution in [0, 0.1) is 0 Å². The van der Waals surface area contributed by atoms with Crippen molar-refractivity contribution in [3.05, 3.63) is 18.2 Å². The van der Waals surface area contributed by atoms with Crippen LogP contribution < -0.4 is 0 Å². The van der Waals surface area contributed by atoms with E-state index in [1.165, 1.54) is 7.11 Å². The van der Waals surface area contributed by atoms with Crippen molar-refractivity contribution >= 4 is 17.3 Å². The van der Waals surface area contributed by atoms with Crippen molar-refractivity contribution in [2.24, 2.45) is 0 Å². The molecule has 0 atom stereocenters. The van der Waals surface area contributed by atoms with Crippen LogP contribution in [0.2, 0.25) is 0 Å². The third-order valence-corrected chi connectivity index (χ3v) is 1.24. The van der Waals surface area contributed by atoms with E-state index < -0.39 is 0 Å². The Hall–Kier alpha value is -0.900. The SMILES string of the molecule is COC(=S)c1ncc[nH]1. The lowest BCUT2D eigenvalue weighted by Crippen LogP contribution is -2.00. The Morgan fingerprint density at radius 1 is 1.89 bits per heavy atom. The Kier molecular flexibility index (Phi) is 1.79. The second-order valence-electron chi connectivity index (χ2n) is 1.43. The summed E-state index contributed by atoms with van der Waals surface area (Å²) in [4.78, 5) is 6.68. The summed E-state index contributed by atoms with van der Waals surface area (Å²) >= 11 is 4.76. The molecule has 48 valence electrons. The van der Waals surface area contributed by atoms with Crippen LogP contribution in [0.1, 0.15) is 5.82 Å². The maximum Gasteiger partial charge on any atom is 0.227 e. The smallest absolute Gasteiger partial charge is 0.227 e. The molecule has 1 aromatic heterocycles. The van der Waals surface area contributed by atoms with Crippen molar-refractivity contribution in [1.82, 2.24) is 9.97 Å². The number of nitrogens with zero attached hydrogens (tertiary/aromatic N) is 1. The van der Waals surface area contributed by atoms with E-state index in [-0.39, 0.29) is 0 Å². The number of imidazole rings is 1. The van der Waals surface area contributed by atoms with Gasteiger partial charge in [-0.3, -0.25) is 0 Å². The van der Waals surface area contributed by atoms with E-state index in [9.17, 15) is 0 Å². The molecule has 0 spiro atoms. The molecule has 0 aliphatic heterocycles. The van der Waals surface area contributed by atoms with Gasteiger partial charge in [-0.2, -0.15) is 0 Å². The number of hydrogen-bond donors (Lipinski definition) is 1. The molecule has 1 aromatic rings. The van der Waals surface area contributed by atoms with Crippen molar-refractivity contribution in [2.45, 2.75) is 0 Å². The summed E-state index contributed by atoms with van der Waals surface area (Å²) in [6, 6.07) is 0. The molecule has 0 aliphatic carbocycles. The van der Waals surface area contributed by atoms with Gasteiger partial charge < -0.3 is 9.72 Å². The van der Waals surface area contributed by atoms with Crippen LogP contribution in [0.5, 0.6) is 0 Å². The first-order valence-electron chi connectivity index (χ1n) is 2.42. The first kappa shape index (κ1) is 6.22. The number of H-pyrrole nitrogens is 1.